The van der Waals surface area contributed by atoms with E-state index < -0.39 is 16.1 Å². The first-order chi connectivity index (χ1) is 8.36. The number of carbonyl (C=O) groups excluding carboxylic acids is 1. The van der Waals surface area contributed by atoms with E-state index in [2.05, 4.69) is 10.0 Å². The van der Waals surface area contributed by atoms with Gasteiger partial charge in [-0.2, -0.15) is 0 Å². The van der Waals surface area contributed by atoms with Crippen molar-refractivity contribution in [1.29, 1.82) is 0 Å². The van der Waals surface area contributed by atoms with E-state index in [4.69, 9.17) is 5.11 Å². The van der Waals surface area contributed by atoms with Gasteiger partial charge in [-0.15, -0.1) is 0 Å². The van der Waals surface area contributed by atoms with Crippen LogP contribution in [0.4, 0.5) is 0 Å². The lowest BCUT2D eigenvalue weighted by atomic mass is 10.2. The lowest BCUT2D eigenvalue weighted by Gasteiger charge is -2.08. The Hall–Kier alpha value is -1.44. The van der Waals surface area contributed by atoms with Crippen LogP contribution in [0.2, 0.25) is 0 Å². The van der Waals surface area contributed by atoms with E-state index >= 15 is 0 Å². The fraction of sp³-hybridized carbons (Fsp3) is 0.364. The minimum Gasteiger partial charge on any atom is -0.392 e. The summed E-state index contributed by atoms with van der Waals surface area (Å²) in [5.74, 6) is -0.282. The Kier molecular flexibility index (Phi) is 4.83. The quantitative estimate of drug-likeness (QED) is 0.686. The maximum absolute atomic E-state index is 11.8. The Bertz CT molecular complexity index is 508. The molecule has 0 heterocycles. The second-order valence-corrected chi connectivity index (χ2v) is 5.57. The van der Waals surface area contributed by atoms with E-state index in [0.717, 1.165) is 0 Å². The first-order valence-electron chi connectivity index (χ1n) is 5.36. The number of carbonyl (C=O) groups is 1. The number of rotatable bonds is 5. The molecule has 1 aromatic rings. The summed E-state index contributed by atoms with van der Waals surface area (Å²) in [6.07, 6.45) is -0.759. The number of benzene rings is 1. The second-order valence-electron chi connectivity index (χ2n) is 3.80. The van der Waals surface area contributed by atoms with E-state index in [-0.39, 0.29) is 17.3 Å². The maximum Gasteiger partial charge on any atom is 0.251 e. The largest absolute Gasteiger partial charge is 0.392 e. The number of nitrogens with one attached hydrogen (secondary N) is 2. The van der Waals surface area contributed by atoms with Crippen LogP contribution in [-0.2, 0) is 10.0 Å². The van der Waals surface area contributed by atoms with Crippen molar-refractivity contribution in [1.82, 2.24) is 10.0 Å². The van der Waals surface area contributed by atoms with Gasteiger partial charge >= 0.3 is 0 Å². The van der Waals surface area contributed by atoms with Gasteiger partial charge < -0.3 is 10.4 Å². The summed E-state index contributed by atoms with van der Waals surface area (Å²) < 4.78 is 25.8. The zero-order valence-electron chi connectivity index (χ0n) is 10.2. The summed E-state index contributed by atoms with van der Waals surface area (Å²) in [7, 11) is -2.15. The number of hydrogen-bond acceptors (Lipinski definition) is 4. The number of amides is 1. The van der Waals surface area contributed by atoms with Crippen molar-refractivity contribution in [3.05, 3.63) is 29.8 Å². The molecule has 0 saturated heterocycles. The Morgan fingerprint density at radius 1 is 1.33 bits per heavy atom. The fourth-order valence-electron chi connectivity index (χ4n) is 1.24. The predicted molar refractivity (Wildman–Crippen MR) is 66.7 cm³/mol. The summed E-state index contributed by atoms with van der Waals surface area (Å²) in [5.41, 5.74) is 0.381. The third kappa shape index (κ3) is 3.80. The van der Waals surface area contributed by atoms with E-state index in [1.807, 2.05) is 0 Å². The average Bonchev–Trinajstić information content (AvgIpc) is 2.36. The van der Waals surface area contributed by atoms with Crippen molar-refractivity contribution in [2.75, 3.05) is 13.6 Å². The SMILES string of the molecule is CNC(=O)c1ccc(S(=O)(=O)NC[C@@H](C)O)cc1. The molecular formula is C11H16N2O4S. The molecule has 0 aliphatic carbocycles. The van der Waals surface area contributed by atoms with Crippen molar-refractivity contribution < 1.29 is 18.3 Å². The molecule has 1 amide bonds. The molecule has 3 N–H and O–H groups in total. The highest BCUT2D eigenvalue weighted by Crippen LogP contribution is 2.10. The summed E-state index contributed by atoms with van der Waals surface area (Å²) in [5, 5.41) is 11.5. The summed E-state index contributed by atoms with van der Waals surface area (Å²) in [4.78, 5) is 11.3. The van der Waals surface area contributed by atoms with Crippen LogP contribution in [0.3, 0.4) is 0 Å². The molecule has 0 spiro atoms. The van der Waals surface area contributed by atoms with Gasteiger partial charge in [0.2, 0.25) is 10.0 Å². The molecular weight excluding hydrogens is 256 g/mol. The van der Waals surface area contributed by atoms with Gasteiger partial charge in [-0.3, -0.25) is 4.79 Å². The van der Waals surface area contributed by atoms with E-state index in [1.165, 1.54) is 38.2 Å². The van der Waals surface area contributed by atoms with Crippen LogP contribution in [0.15, 0.2) is 29.2 Å². The highest BCUT2D eigenvalue weighted by atomic mass is 32.2. The molecule has 0 aliphatic rings. The van der Waals surface area contributed by atoms with E-state index in [1.54, 1.807) is 0 Å². The number of aliphatic hydroxyl groups excluding tert-OH is 1. The molecule has 18 heavy (non-hydrogen) atoms. The average molecular weight is 272 g/mol. The normalized spacial score (nSPS) is 13.1. The van der Waals surface area contributed by atoms with E-state index in [9.17, 15) is 13.2 Å². The predicted octanol–water partition coefficient (Wildman–Crippen LogP) is -0.295. The highest BCUT2D eigenvalue weighted by Gasteiger charge is 2.15. The molecule has 0 aliphatic heterocycles. The van der Waals surface area contributed by atoms with Gasteiger partial charge in [-0.25, -0.2) is 13.1 Å². The van der Waals surface area contributed by atoms with Crippen LogP contribution in [0.1, 0.15) is 17.3 Å². The van der Waals surface area contributed by atoms with Crippen molar-refractivity contribution in [3.8, 4) is 0 Å². The number of aliphatic hydroxyl groups is 1. The second kappa shape index (κ2) is 5.94. The van der Waals surface area contributed by atoms with Gasteiger partial charge in [0.05, 0.1) is 11.0 Å². The molecule has 0 bridgehead atoms. The summed E-state index contributed by atoms with van der Waals surface area (Å²) in [6, 6.07) is 5.54. The first-order valence-corrected chi connectivity index (χ1v) is 6.85. The molecule has 1 aromatic carbocycles. The molecule has 1 rings (SSSR count). The van der Waals surface area contributed by atoms with Gasteiger partial charge in [-0.05, 0) is 31.2 Å². The van der Waals surface area contributed by atoms with Crippen LogP contribution in [0, 0.1) is 0 Å². The monoisotopic (exact) mass is 272 g/mol. The topological polar surface area (TPSA) is 95.5 Å². The number of sulfonamides is 1. The van der Waals surface area contributed by atoms with Crippen molar-refractivity contribution >= 4 is 15.9 Å². The molecule has 7 heteroatoms. The third-order valence-corrected chi connectivity index (χ3v) is 3.66. The number of hydrogen-bond donors (Lipinski definition) is 3. The van der Waals surface area contributed by atoms with Gasteiger partial charge in [0.15, 0.2) is 0 Å². The molecule has 0 fully saturated rings. The molecule has 0 unspecified atom stereocenters. The Balaban J connectivity index is 2.87. The lowest BCUT2D eigenvalue weighted by molar-refractivity contribution is 0.0963. The van der Waals surface area contributed by atoms with Crippen molar-refractivity contribution in [2.24, 2.45) is 0 Å². The molecule has 0 aromatic heterocycles. The smallest absolute Gasteiger partial charge is 0.251 e. The van der Waals surface area contributed by atoms with Gasteiger partial charge in [0, 0.05) is 19.2 Å². The van der Waals surface area contributed by atoms with Crippen LogP contribution in [0.25, 0.3) is 0 Å². The maximum atomic E-state index is 11.8. The standard InChI is InChI=1S/C11H16N2O4S/c1-8(14)7-13-18(16,17)10-5-3-9(4-6-10)11(15)12-2/h3-6,8,13-14H,7H2,1-2H3,(H,12,15)/t8-/m1/s1. The molecule has 0 radical (unpaired) electrons. The van der Waals surface area contributed by atoms with Crippen LogP contribution < -0.4 is 10.0 Å². The van der Waals surface area contributed by atoms with Crippen LogP contribution in [0.5, 0.6) is 0 Å². The first kappa shape index (κ1) is 14.6. The van der Waals surface area contributed by atoms with Crippen molar-refractivity contribution in [3.63, 3.8) is 0 Å². The molecule has 1 atom stereocenters. The summed E-state index contributed by atoms with van der Waals surface area (Å²) in [6.45, 7) is 1.43. The molecule has 6 nitrogen and oxygen atoms in total. The molecule has 100 valence electrons. The van der Waals surface area contributed by atoms with Crippen LogP contribution in [-0.4, -0.2) is 39.1 Å². The van der Waals surface area contributed by atoms with Gasteiger partial charge in [-0.1, -0.05) is 0 Å². The zero-order chi connectivity index (χ0) is 13.8. The zero-order valence-corrected chi connectivity index (χ0v) is 11.0. The van der Waals surface area contributed by atoms with Gasteiger partial charge in [0.1, 0.15) is 0 Å². The molecule has 0 saturated carbocycles. The minimum absolute atomic E-state index is 0.0517. The van der Waals surface area contributed by atoms with Crippen LogP contribution >= 0.6 is 0 Å². The highest BCUT2D eigenvalue weighted by molar-refractivity contribution is 7.89. The van der Waals surface area contributed by atoms with Gasteiger partial charge in [0.25, 0.3) is 5.91 Å². The minimum atomic E-state index is -3.65. The lowest BCUT2D eigenvalue weighted by Crippen LogP contribution is -2.30. The fourth-order valence-corrected chi connectivity index (χ4v) is 2.37. The van der Waals surface area contributed by atoms with Crippen molar-refractivity contribution in [2.45, 2.75) is 17.9 Å². The Morgan fingerprint density at radius 2 is 1.89 bits per heavy atom. The third-order valence-electron chi connectivity index (χ3n) is 2.22. The Morgan fingerprint density at radius 3 is 2.33 bits per heavy atom. The summed E-state index contributed by atoms with van der Waals surface area (Å²) >= 11 is 0. The van der Waals surface area contributed by atoms with E-state index in [0.29, 0.717) is 5.56 Å². The Labute approximate surface area is 106 Å².